The van der Waals surface area contributed by atoms with Gasteiger partial charge in [-0.15, -0.1) is 0 Å². The molecule has 0 aliphatic heterocycles. The van der Waals surface area contributed by atoms with Crippen molar-refractivity contribution in [2.45, 2.75) is 13.8 Å². The van der Waals surface area contributed by atoms with E-state index in [-0.39, 0.29) is 0 Å². The third kappa shape index (κ3) is 1.25. The molecule has 0 unspecified atom stereocenters. The van der Waals surface area contributed by atoms with Crippen LogP contribution in [0.5, 0.6) is 0 Å². The van der Waals surface area contributed by atoms with Gasteiger partial charge >= 0.3 is 0 Å². The van der Waals surface area contributed by atoms with Gasteiger partial charge in [-0.05, 0) is 47.9 Å². The number of benzene rings is 2. The molecule has 2 aromatic rings. The molecule has 1 nitrogen and oxygen atoms in total. The number of nitriles is 1. The second kappa shape index (κ2) is 3.16. The van der Waals surface area contributed by atoms with Crippen LogP contribution in [0.25, 0.3) is 10.8 Å². The predicted molar refractivity (Wildman–Crippen MR) is 58.1 cm³/mol. The van der Waals surface area contributed by atoms with Crippen molar-refractivity contribution in [1.29, 1.82) is 5.26 Å². The summed E-state index contributed by atoms with van der Waals surface area (Å²) in [6, 6.07) is 12.2. The van der Waals surface area contributed by atoms with Gasteiger partial charge in [0.25, 0.3) is 0 Å². The summed E-state index contributed by atoms with van der Waals surface area (Å²) in [4.78, 5) is 0. The first-order valence-electron chi connectivity index (χ1n) is 4.62. The van der Waals surface area contributed by atoms with Crippen molar-refractivity contribution in [2.75, 3.05) is 0 Å². The molecular formula is C13H11N. The van der Waals surface area contributed by atoms with Crippen LogP contribution in [0.4, 0.5) is 0 Å². The molecule has 0 saturated carbocycles. The SMILES string of the molecule is Cc1ccc2ccc(C#N)cc2c1C. The molecule has 0 radical (unpaired) electrons. The van der Waals surface area contributed by atoms with Crippen molar-refractivity contribution in [3.63, 3.8) is 0 Å². The maximum absolute atomic E-state index is 8.81. The van der Waals surface area contributed by atoms with E-state index in [0.717, 1.165) is 5.56 Å². The standard InChI is InChI=1S/C13H11N/c1-9-3-5-12-6-4-11(8-14)7-13(12)10(9)2/h3-7H,1-2H3. The van der Waals surface area contributed by atoms with Crippen molar-refractivity contribution < 1.29 is 0 Å². The van der Waals surface area contributed by atoms with Gasteiger partial charge in [0.1, 0.15) is 0 Å². The number of hydrogen-bond acceptors (Lipinski definition) is 1. The minimum absolute atomic E-state index is 0.728. The van der Waals surface area contributed by atoms with Crippen LogP contribution in [-0.4, -0.2) is 0 Å². The van der Waals surface area contributed by atoms with Crippen molar-refractivity contribution in [2.24, 2.45) is 0 Å². The first-order valence-corrected chi connectivity index (χ1v) is 4.62. The fraction of sp³-hybridized carbons (Fsp3) is 0.154. The Morgan fingerprint density at radius 3 is 2.50 bits per heavy atom. The average Bonchev–Trinajstić information content (AvgIpc) is 2.23. The van der Waals surface area contributed by atoms with E-state index in [1.54, 1.807) is 0 Å². The van der Waals surface area contributed by atoms with Crippen molar-refractivity contribution in [1.82, 2.24) is 0 Å². The molecule has 0 aliphatic rings. The second-order valence-electron chi connectivity index (χ2n) is 3.56. The normalized spacial score (nSPS) is 10.1. The summed E-state index contributed by atoms with van der Waals surface area (Å²) in [7, 11) is 0. The molecule has 1 heteroatoms. The van der Waals surface area contributed by atoms with Crippen molar-refractivity contribution in [3.05, 3.63) is 47.0 Å². The lowest BCUT2D eigenvalue weighted by Crippen LogP contribution is -1.84. The summed E-state index contributed by atoms with van der Waals surface area (Å²) in [6.45, 7) is 4.19. The smallest absolute Gasteiger partial charge is 0.0991 e. The minimum Gasteiger partial charge on any atom is -0.192 e. The van der Waals surface area contributed by atoms with Crippen LogP contribution in [0.1, 0.15) is 16.7 Å². The number of nitrogens with zero attached hydrogens (tertiary/aromatic N) is 1. The van der Waals surface area contributed by atoms with Crippen molar-refractivity contribution >= 4 is 10.8 Å². The Balaban J connectivity index is 2.86. The monoisotopic (exact) mass is 181 g/mol. The van der Waals surface area contributed by atoms with E-state index in [2.05, 4.69) is 32.0 Å². The molecule has 0 bridgehead atoms. The van der Waals surface area contributed by atoms with Crippen LogP contribution >= 0.6 is 0 Å². The zero-order chi connectivity index (χ0) is 10.1. The van der Waals surface area contributed by atoms with Crippen LogP contribution in [-0.2, 0) is 0 Å². The van der Waals surface area contributed by atoms with Gasteiger partial charge in [0.15, 0.2) is 0 Å². The van der Waals surface area contributed by atoms with Gasteiger partial charge in [0.05, 0.1) is 11.6 Å². The fourth-order valence-corrected chi connectivity index (χ4v) is 1.65. The molecule has 0 spiro atoms. The van der Waals surface area contributed by atoms with E-state index < -0.39 is 0 Å². The molecule has 0 aliphatic carbocycles. The quantitative estimate of drug-likeness (QED) is 0.611. The van der Waals surface area contributed by atoms with Gasteiger partial charge in [-0.1, -0.05) is 18.2 Å². The largest absolute Gasteiger partial charge is 0.192 e. The Hall–Kier alpha value is -1.81. The molecular weight excluding hydrogens is 170 g/mol. The topological polar surface area (TPSA) is 23.8 Å². The van der Waals surface area contributed by atoms with E-state index in [0.29, 0.717) is 0 Å². The van der Waals surface area contributed by atoms with Crippen LogP contribution in [0.15, 0.2) is 30.3 Å². The third-order valence-electron chi connectivity index (χ3n) is 2.69. The maximum atomic E-state index is 8.81. The lowest BCUT2D eigenvalue weighted by molar-refractivity contribution is 1.38. The van der Waals surface area contributed by atoms with Gasteiger partial charge < -0.3 is 0 Å². The average molecular weight is 181 g/mol. The van der Waals surface area contributed by atoms with Gasteiger partial charge in [-0.25, -0.2) is 0 Å². The highest BCUT2D eigenvalue weighted by atomic mass is 14.2. The van der Waals surface area contributed by atoms with Gasteiger partial charge in [-0.3, -0.25) is 0 Å². The summed E-state index contributed by atoms with van der Waals surface area (Å²) in [6.07, 6.45) is 0. The highest BCUT2D eigenvalue weighted by Gasteiger charge is 2.00. The molecule has 0 amide bonds. The predicted octanol–water partition coefficient (Wildman–Crippen LogP) is 3.33. The summed E-state index contributed by atoms with van der Waals surface area (Å²) < 4.78 is 0. The van der Waals surface area contributed by atoms with E-state index >= 15 is 0 Å². The third-order valence-corrected chi connectivity index (χ3v) is 2.69. The number of aryl methyl sites for hydroxylation is 2. The highest BCUT2D eigenvalue weighted by Crippen LogP contribution is 2.22. The number of hydrogen-bond donors (Lipinski definition) is 0. The molecule has 68 valence electrons. The Kier molecular flexibility index (Phi) is 1.98. The lowest BCUT2D eigenvalue weighted by atomic mass is 9.99. The minimum atomic E-state index is 0.728. The molecule has 0 atom stereocenters. The Morgan fingerprint density at radius 2 is 1.79 bits per heavy atom. The van der Waals surface area contributed by atoms with Gasteiger partial charge in [-0.2, -0.15) is 5.26 Å². The Bertz CT molecular complexity index is 533. The summed E-state index contributed by atoms with van der Waals surface area (Å²) in [5.74, 6) is 0. The fourth-order valence-electron chi connectivity index (χ4n) is 1.65. The summed E-state index contributed by atoms with van der Waals surface area (Å²) >= 11 is 0. The van der Waals surface area contributed by atoms with E-state index in [1.807, 2.05) is 18.2 Å². The zero-order valence-electron chi connectivity index (χ0n) is 8.33. The Morgan fingerprint density at radius 1 is 1.07 bits per heavy atom. The van der Waals surface area contributed by atoms with E-state index in [1.165, 1.54) is 21.9 Å². The van der Waals surface area contributed by atoms with Crippen LogP contribution in [0.3, 0.4) is 0 Å². The molecule has 0 fully saturated rings. The lowest BCUT2D eigenvalue weighted by Gasteiger charge is -2.05. The van der Waals surface area contributed by atoms with E-state index in [9.17, 15) is 0 Å². The van der Waals surface area contributed by atoms with E-state index in [4.69, 9.17) is 5.26 Å². The summed E-state index contributed by atoms with van der Waals surface area (Å²) in [5.41, 5.74) is 3.26. The number of rotatable bonds is 0. The van der Waals surface area contributed by atoms with Crippen LogP contribution in [0.2, 0.25) is 0 Å². The molecule has 14 heavy (non-hydrogen) atoms. The first-order chi connectivity index (χ1) is 6.72. The van der Waals surface area contributed by atoms with Crippen LogP contribution in [0, 0.1) is 25.2 Å². The molecule has 0 aromatic heterocycles. The molecule has 0 saturated heterocycles. The Labute approximate surface area is 83.6 Å². The maximum Gasteiger partial charge on any atom is 0.0991 e. The molecule has 2 aromatic carbocycles. The second-order valence-corrected chi connectivity index (χ2v) is 3.56. The van der Waals surface area contributed by atoms with Gasteiger partial charge in [0, 0.05) is 0 Å². The molecule has 0 heterocycles. The molecule has 2 rings (SSSR count). The zero-order valence-corrected chi connectivity index (χ0v) is 8.33. The summed E-state index contributed by atoms with van der Waals surface area (Å²) in [5, 5.41) is 11.2. The van der Waals surface area contributed by atoms with Gasteiger partial charge in [0.2, 0.25) is 0 Å². The number of fused-ring (bicyclic) bond motifs is 1. The van der Waals surface area contributed by atoms with Crippen LogP contribution < -0.4 is 0 Å². The van der Waals surface area contributed by atoms with Crippen molar-refractivity contribution in [3.8, 4) is 6.07 Å². The first kappa shape index (κ1) is 8.77. The molecule has 0 N–H and O–H groups in total. The highest BCUT2D eigenvalue weighted by molar-refractivity contribution is 5.87.